The molecular weight excluding hydrogens is 295 g/mol. The predicted octanol–water partition coefficient (Wildman–Crippen LogP) is 3.58. The van der Waals surface area contributed by atoms with E-state index in [0.29, 0.717) is 22.5 Å². The van der Waals surface area contributed by atoms with Crippen LogP contribution in [-0.4, -0.2) is 20.9 Å². The van der Waals surface area contributed by atoms with Crippen molar-refractivity contribution in [2.45, 2.75) is 6.54 Å². The number of carbonyl (C=O) groups is 1. The number of nitrogens with zero attached hydrogens (tertiary/aromatic N) is 2. The van der Waals surface area contributed by atoms with Gasteiger partial charge in [-0.15, -0.1) is 0 Å². The second-order valence-electron chi connectivity index (χ2n) is 4.60. The molecule has 3 rings (SSSR count). The molecule has 0 amide bonds. The number of halogens is 2. The zero-order valence-corrected chi connectivity index (χ0v) is 11.5. The number of carboxylic acids is 1. The highest BCUT2D eigenvalue weighted by Crippen LogP contribution is 2.21. The van der Waals surface area contributed by atoms with Crippen LogP contribution in [0.5, 0.6) is 0 Å². The van der Waals surface area contributed by atoms with E-state index >= 15 is 0 Å². The first-order valence-corrected chi connectivity index (χ1v) is 6.56. The fourth-order valence-corrected chi connectivity index (χ4v) is 2.31. The van der Waals surface area contributed by atoms with Gasteiger partial charge in [-0.25, -0.2) is 9.18 Å². The van der Waals surface area contributed by atoms with Gasteiger partial charge in [-0.2, -0.15) is 5.10 Å². The molecule has 1 N–H and O–H groups in total. The van der Waals surface area contributed by atoms with E-state index in [1.54, 1.807) is 12.1 Å². The van der Waals surface area contributed by atoms with Crippen molar-refractivity contribution in [1.82, 2.24) is 9.78 Å². The van der Waals surface area contributed by atoms with Crippen molar-refractivity contribution in [2.75, 3.05) is 0 Å². The van der Waals surface area contributed by atoms with Gasteiger partial charge in [-0.05, 0) is 35.9 Å². The summed E-state index contributed by atoms with van der Waals surface area (Å²) in [6.07, 6.45) is 0. The Balaban J connectivity index is 2.11. The molecule has 0 bridgehead atoms. The van der Waals surface area contributed by atoms with Crippen molar-refractivity contribution in [3.8, 4) is 0 Å². The number of rotatable bonds is 3. The van der Waals surface area contributed by atoms with Gasteiger partial charge in [0.15, 0.2) is 5.69 Å². The molecule has 2 aromatic carbocycles. The minimum atomic E-state index is -1.14. The van der Waals surface area contributed by atoms with Crippen molar-refractivity contribution < 1.29 is 14.3 Å². The number of aromatic carboxylic acids is 1. The monoisotopic (exact) mass is 304 g/mol. The molecule has 0 aliphatic carbocycles. The SMILES string of the molecule is O=C(O)c1nn(Cc2ccc(Cl)cc2)c2cc(F)ccc12. The molecule has 3 aromatic rings. The summed E-state index contributed by atoms with van der Waals surface area (Å²) in [7, 11) is 0. The Hall–Kier alpha value is -2.40. The van der Waals surface area contributed by atoms with E-state index < -0.39 is 11.8 Å². The Kier molecular flexibility index (Phi) is 3.35. The molecule has 0 atom stereocenters. The first-order chi connectivity index (χ1) is 10.0. The third-order valence-corrected chi connectivity index (χ3v) is 3.41. The number of hydrogen-bond donors (Lipinski definition) is 1. The molecule has 0 unspecified atom stereocenters. The van der Waals surface area contributed by atoms with Gasteiger partial charge in [0.25, 0.3) is 0 Å². The number of aromatic nitrogens is 2. The standard InChI is InChI=1S/C15H10ClFN2O2/c16-10-3-1-9(2-4-10)8-19-13-7-11(17)5-6-12(13)14(18-19)15(20)21/h1-7H,8H2,(H,20,21). The van der Waals surface area contributed by atoms with Gasteiger partial charge in [0, 0.05) is 10.4 Å². The summed E-state index contributed by atoms with van der Waals surface area (Å²) in [5, 5.41) is 14.3. The summed E-state index contributed by atoms with van der Waals surface area (Å²) in [6, 6.07) is 11.0. The molecule has 6 heteroatoms. The molecule has 0 spiro atoms. The Morgan fingerprint density at radius 1 is 1.24 bits per heavy atom. The van der Waals surface area contributed by atoms with E-state index in [0.717, 1.165) is 5.56 Å². The van der Waals surface area contributed by atoms with Gasteiger partial charge in [-0.3, -0.25) is 4.68 Å². The van der Waals surface area contributed by atoms with Crippen LogP contribution < -0.4 is 0 Å². The fraction of sp³-hybridized carbons (Fsp3) is 0.0667. The summed E-state index contributed by atoms with van der Waals surface area (Å²) in [4.78, 5) is 11.2. The van der Waals surface area contributed by atoms with Crippen LogP contribution in [-0.2, 0) is 6.54 Å². The minimum absolute atomic E-state index is 0.0843. The van der Waals surface area contributed by atoms with Gasteiger partial charge in [0.2, 0.25) is 0 Å². The van der Waals surface area contributed by atoms with Gasteiger partial charge in [0.05, 0.1) is 12.1 Å². The summed E-state index contributed by atoms with van der Waals surface area (Å²) in [6.45, 7) is 0.338. The molecular formula is C15H10ClFN2O2. The third-order valence-electron chi connectivity index (χ3n) is 3.16. The van der Waals surface area contributed by atoms with Crippen molar-refractivity contribution >= 4 is 28.5 Å². The highest BCUT2D eigenvalue weighted by atomic mass is 35.5. The molecule has 106 valence electrons. The smallest absolute Gasteiger partial charge is 0.357 e. The lowest BCUT2D eigenvalue weighted by Crippen LogP contribution is -2.04. The Bertz CT molecular complexity index is 828. The maximum absolute atomic E-state index is 13.4. The Morgan fingerprint density at radius 3 is 2.62 bits per heavy atom. The molecule has 1 heterocycles. The zero-order chi connectivity index (χ0) is 15.0. The van der Waals surface area contributed by atoms with Crippen LogP contribution in [0, 0.1) is 5.82 Å². The van der Waals surface area contributed by atoms with Crippen LogP contribution in [0.4, 0.5) is 4.39 Å². The van der Waals surface area contributed by atoms with Gasteiger partial charge >= 0.3 is 5.97 Å². The lowest BCUT2D eigenvalue weighted by molar-refractivity contribution is 0.0691. The summed E-state index contributed by atoms with van der Waals surface area (Å²) < 4.78 is 14.9. The first kappa shape index (κ1) is 13.6. The molecule has 0 saturated heterocycles. The van der Waals surface area contributed by atoms with E-state index in [1.807, 2.05) is 12.1 Å². The molecule has 0 aliphatic heterocycles. The number of benzene rings is 2. The van der Waals surface area contributed by atoms with Crippen LogP contribution in [0.2, 0.25) is 5.02 Å². The maximum Gasteiger partial charge on any atom is 0.357 e. The summed E-state index contributed by atoms with van der Waals surface area (Å²) >= 11 is 5.83. The molecule has 0 saturated carbocycles. The molecule has 21 heavy (non-hydrogen) atoms. The maximum atomic E-state index is 13.4. The number of carboxylic acid groups (broad SMARTS) is 1. The van der Waals surface area contributed by atoms with Crippen molar-refractivity contribution in [3.05, 3.63) is 64.6 Å². The molecule has 0 aliphatic rings. The topological polar surface area (TPSA) is 55.1 Å². The molecule has 0 radical (unpaired) electrons. The first-order valence-electron chi connectivity index (χ1n) is 6.18. The van der Waals surface area contributed by atoms with E-state index in [1.165, 1.54) is 22.9 Å². The molecule has 4 nitrogen and oxygen atoms in total. The Labute approximate surface area is 124 Å². The van der Waals surface area contributed by atoms with Crippen LogP contribution in [0.25, 0.3) is 10.9 Å². The van der Waals surface area contributed by atoms with Crippen molar-refractivity contribution in [2.24, 2.45) is 0 Å². The second-order valence-corrected chi connectivity index (χ2v) is 5.04. The van der Waals surface area contributed by atoms with Gasteiger partial charge in [0.1, 0.15) is 5.82 Å². The lowest BCUT2D eigenvalue weighted by Gasteiger charge is -2.04. The fourth-order valence-electron chi connectivity index (χ4n) is 2.19. The molecule has 1 aromatic heterocycles. The highest BCUT2D eigenvalue weighted by molar-refractivity contribution is 6.30. The Morgan fingerprint density at radius 2 is 1.95 bits per heavy atom. The number of fused-ring (bicyclic) bond motifs is 1. The average molecular weight is 305 g/mol. The predicted molar refractivity (Wildman–Crippen MR) is 77.2 cm³/mol. The van der Waals surface area contributed by atoms with Gasteiger partial charge < -0.3 is 5.11 Å². The lowest BCUT2D eigenvalue weighted by atomic mass is 10.2. The van der Waals surface area contributed by atoms with Crippen LogP contribution in [0.1, 0.15) is 16.1 Å². The van der Waals surface area contributed by atoms with E-state index in [9.17, 15) is 14.3 Å². The largest absolute Gasteiger partial charge is 0.476 e. The normalized spacial score (nSPS) is 11.0. The van der Waals surface area contributed by atoms with E-state index in [2.05, 4.69) is 5.10 Å². The third kappa shape index (κ3) is 2.60. The van der Waals surface area contributed by atoms with E-state index in [4.69, 9.17) is 11.6 Å². The van der Waals surface area contributed by atoms with Crippen LogP contribution in [0.3, 0.4) is 0 Å². The average Bonchev–Trinajstić information content (AvgIpc) is 2.80. The van der Waals surface area contributed by atoms with Crippen molar-refractivity contribution in [3.63, 3.8) is 0 Å². The number of hydrogen-bond acceptors (Lipinski definition) is 2. The zero-order valence-electron chi connectivity index (χ0n) is 10.8. The molecule has 0 fully saturated rings. The van der Waals surface area contributed by atoms with Crippen molar-refractivity contribution in [1.29, 1.82) is 0 Å². The summed E-state index contributed by atoms with van der Waals surface area (Å²) in [5.41, 5.74) is 1.26. The summed E-state index contributed by atoms with van der Waals surface area (Å²) in [5.74, 6) is -1.57. The van der Waals surface area contributed by atoms with Gasteiger partial charge in [-0.1, -0.05) is 23.7 Å². The minimum Gasteiger partial charge on any atom is -0.476 e. The highest BCUT2D eigenvalue weighted by Gasteiger charge is 2.16. The van der Waals surface area contributed by atoms with Crippen LogP contribution in [0.15, 0.2) is 42.5 Å². The second kappa shape index (κ2) is 5.18. The van der Waals surface area contributed by atoms with Crippen LogP contribution >= 0.6 is 11.6 Å². The quantitative estimate of drug-likeness (QED) is 0.804. The van der Waals surface area contributed by atoms with E-state index in [-0.39, 0.29) is 5.69 Å².